The molecule has 80 valence electrons. The van der Waals surface area contributed by atoms with E-state index in [0.717, 1.165) is 0 Å². The summed E-state index contributed by atoms with van der Waals surface area (Å²) in [6, 6.07) is 0. The maximum atomic E-state index is 11.0. The van der Waals surface area contributed by atoms with Gasteiger partial charge in [-0.3, -0.25) is 0 Å². The Labute approximate surface area is 81.7 Å². The average Bonchev–Trinajstić information content (AvgIpc) is 2.05. The predicted octanol–water partition coefficient (Wildman–Crippen LogP) is 0.753. The van der Waals surface area contributed by atoms with E-state index >= 15 is 0 Å². The van der Waals surface area contributed by atoms with Gasteiger partial charge < -0.3 is 17.8 Å². The molecule has 1 N–H and O–H groups in total. The van der Waals surface area contributed by atoms with Crippen molar-refractivity contribution in [1.29, 1.82) is 0 Å². The quantitative estimate of drug-likeness (QED) is 0.514. The first-order valence-corrected chi connectivity index (χ1v) is 7.71. The van der Waals surface area contributed by atoms with Crippen LogP contribution in [0.5, 0.6) is 0 Å². The van der Waals surface area contributed by atoms with Gasteiger partial charge >= 0.3 is 7.95 Å². The van der Waals surface area contributed by atoms with Crippen molar-refractivity contribution >= 4 is 18.5 Å². The maximum Gasteiger partial charge on any atom is 0.633 e. The van der Waals surface area contributed by atoms with Crippen molar-refractivity contribution in [3.8, 4) is 0 Å². The molecule has 13 heavy (non-hydrogen) atoms. The van der Waals surface area contributed by atoms with E-state index in [1.165, 1.54) is 0 Å². The Morgan fingerprint density at radius 3 is 1.54 bits per heavy atom. The molecule has 1 atom stereocenters. The van der Waals surface area contributed by atoms with Crippen LogP contribution in [0.1, 0.15) is 20.8 Å². The minimum atomic E-state index is -3.35. The normalized spacial score (nSPS) is 14.5. The molecule has 0 rings (SSSR count). The fraction of sp³-hybridized carbons (Fsp3) is 1.00. The third-order valence-corrected chi connectivity index (χ3v) is 5.88. The summed E-state index contributed by atoms with van der Waals surface area (Å²) in [6.45, 7) is 6.10. The topological polar surface area (TPSA) is 65.0 Å². The van der Waals surface area contributed by atoms with Crippen LogP contribution >= 0.6 is 0 Å². The van der Waals surface area contributed by atoms with Crippen LogP contribution in [0, 0.1) is 0 Å². The van der Waals surface area contributed by atoms with Gasteiger partial charge in [0.15, 0.2) is 0 Å². The first-order valence-electron chi connectivity index (χ1n) is 4.15. The fourth-order valence-corrected chi connectivity index (χ4v) is 4.39. The third kappa shape index (κ3) is 3.84. The Hall–Kier alpha value is 0.207. The zero-order valence-corrected chi connectivity index (χ0v) is 9.93. The standard InChI is InChI=1S/C6H16O5SSi/c1-4-9-13(10-5-2,11-6-3)12(7)8/h4-6H2,1-3H3,(H,7,8). The molecule has 0 saturated carbocycles. The molecule has 0 fully saturated rings. The second-order valence-corrected chi connectivity index (χ2v) is 6.96. The summed E-state index contributed by atoms with van der Waals surface area (Å²) in [7, 11) is -5.53. The van der Waals surface area contributed by atoms with Crippen molar-refractivity contribution in [1.82, 2.24) is 0 Å². The number of rotatable bonds is 7. The van der Waals surface area contributed by atoms with Gasteiger partial charge in [0.25, 0.3) is 0 Å². The molecular formula is C6H16O5SSi. The Morgan fingerprint density at radius 1 is 1.08 bits per heavy atom. The largest absolute Gasteiger partial charge is 0.633 e. The maximum absolute atomic E-state index is 11.0. The van der Waals surface area contributed by atoms with Gasteiger partial charge in [-0.15, -0.1) is 0 Å². The lowest BCUT2D eigenvalue weighted by molar-refractivity contribution is 0.0927. The van der Waals surface area contributed by atoms with E-state index in [0.29, 0.717) is 19.8 Å². The van der Waals surface area contributed by atoms with Crippen molar-refractivity contribution in [2.24, 2.45) is 0 Å². The average molecular weight is 228 g/mol. The molecule has 0 aliphatic rings. The first-order chi connectivity index (χ1) is 6.13. The van der Waals surface area contributed by atoms with Crippen LogP contribution in [0.3, 0.4) is 0 Å². The Kier molecular flexibility index (Phi) is 6.74. The second-order valence-electron chi connectivity index (χ2n) is 2.05. The van der Waals surface area contributed by atoms with Gasteiger partial charge in [0.1, 0.15) is 0 Å². The Balaban J connectivity index is 4.48. The fourth-order valence-electron chi connectivity index (χ4n) is 0.807. The number of hydrogen-bond acceptors (Lipinski definition) is 4. The first kappa shape index (κ1) is 13.2. The van der Waals surface area contributed by atoms with E-state index in [1.54, 1.807) is 20.8 Å². The van der Waals surface area contributed by atoms with Crippen molar-refractivity contribution in [3.63, 3.8) is 0 Å². The van der Waals surface area contributed by atoms with Gasteiger partial charge in [-0.25, -0.2) is 4.21 Å². The number of hydrogen-bond donors (Lipinski definition) is 1. The SMILES string of the molecule is CCO[Si](OCC)(OCC)S(=O)O. The Morgan fingerprint density at radius 2 is 1.38 bits per heavy atom. The lowest BCUT2D eigenvalue weighted by Gasteiger charge is -2.23. The van der Waals surface area contributed by atoms with Crippen molar-refractivity contribution in [2.75, 3.05) is 19.8 Å². The molecule has 1 unspecified atom stereocenters. The van der Waals surface area contributed by atoms with E-state index in [-0.39, 0.29) is 0 Å². The molecule has 0 aromatic rings. The van der Waals surface area contributed by atoms with Crippen LogP contribution in [-0.4, -0.2) is 36.5 Å². The van der Waals surface area contributed by atoms with Crippen LogP contribution in [0.25, 0.3) is 0 Å². The van der Waals surface area contributed by atoms with Gasteiger partial charge in [-0.1, -0.05) is 0 Å². The molecule has 0 radical (unpaired) electrons. The summed E-state index contributed by atoms with van der Waals surface area (Å²) in [5.74, 6) is 0. The molecule has 0 aromatic heterocycles. The molecule has 0 saturated heterocycles. The smallest absolute Gasteiger partial charge is 0.363 e. The highest BCUT2D eigenvalue weighted by atomic mass is 32.4. The molecule has 5 nitrogen and oxygen atoms in total. The van der Waals surface area contributed by atoms with Gasteiger partial charge in [-0.2, -0.15) is 0 Å². The summed E-state index contributed by atoms with van der Waals surface area (Å²) in [5, 5.41) is 0. The molecule has 0 aliphatic heterocycles. The molecule has 7 heteroatoms. The van der Waals surface area contributed by atoms with E-state index in [4.69, 9.17) is 17.8 Å². The van der Waals surface area contributed by atoms with Gasteiger partial charge in [0.2, 0.25) is 10.5 Å². The highest BCUT2D eigenvalue weighted by Gasteiger charge is 2.49. The summed E-state index contributed by atoms with van der Waals surface area (Å²) < 4.78 is 35.4. The summed E-state index contributed by atoms with van der Waals surface area (Å²) in [4.78, 5) is 0. The van der Waals surface area contributed by atoms with E-state index in [1.807, 2.05) is 0 Å². The molecule has 0 amide bonds. The van der Waals surface area contributed by atoms with Crippen LogP contribution in [0.2, 0.25) is 0 Å². The molecule has 0 spiro atoms. The lowest BCUT2D eigenvalue weighted by atomic mass is 10.9. The van der Waals surface area contributed by atoms with Crippen LogP contribution in [0.4, 0.5) is 0 Å². The zero-order valence-electron chi connectivity index (χ0n) is 8.11. The van der Waals surface area contributed by atoms with Gasteiger partial charge in [-0.05, 0) is 20.8 Å². The molecule has 0 bridgehead atoms. The zero-order chi connectivity index (χ0) is 10.3. The van der Waals surface area contributed by atoms with Crippen molar-refractivity contribution < 1.29 is 22.0 Å². The molecule has 0 aliphatic carbocycles. The summed E-state index contributed by atoms with van der Waals surface area (Å²) in [5.41, 5.74) is 0. The highest BCUT2D eigenvalue weighted by Crippen LogP contribution is 2.12. The second kappa shape index (κ2) is 6.63. The third-order valence-electron chi connectivity index (χ3n) is 1.18. The van der Waals surface area contributed by atoms with Crippen molar-refractivity contribution in [3.05, 3.63) is 0 Å². The predicted molar refractivity (Wildman–Crippen MR) is 51.4 cm³/mol. The molecule has 0 aromatic carbocycles. The monoisotopic (exact) mass is 228 g/mol. The summed E-state index contributed by atoms with van der Waals surface area (Å²) in [6.07, 6.45) is 0. The van der Waals surface area contributed by atoms with Gasteiger partial charge in [0.05, 0.1) is 0 Å². The molecule has 0 heterocycles. The van der Waals surface area contributed by atoms with Gasteiger partial charge in [0, 0.05) is 19.8 Å². The Bertz CT molecular complexity index is 148. The van der Waals surface area contributed by atoms with E-state index < -0.39 is 18.5 Å². The van der Waals surface area contributed by atoms with E-state index in [9.17, 15) is 4.21 Å². The highest BCUT2D eigenvalue weighted by molar-refractivity contribution is 8.10. The minimum absolute atomic E-state index is 0.304. The van der Waals surface area contributed by atoms with E-state index in [2.05, 4.69) is 0 Å². The molecular weight excluding hydrogens is 212 g/mol. The van der Waals surface area contributed by atoms with Crippen LogP contribution < -0.4 is 0 Å². The van der Waals surface area contributed by atoms with Crippen LogP contribution in [-0.2, 0) is 23.8 Å². The summed E-state index contributed by atoms with van der Waals surface area (Å²) >= 11 is 0. The van der Waals surface area contributed by atoms with Crippen LogP contribution in [0.15, 0.2) is 0 Å². The van der Waals surface area contributed by atoms with Crippen molar-refractivity contribution in [2.45, 2.75) is 20.8 Å². The minimum Gasteiger partial charge on any atom is -0.363 e. The lowest BCUT2D eigenvalue weighted by Crippen LogP contribution is -2.50.